The number of benzene rings is 10. The zero-order valence-corrected chi connectivity index (χ0v) is 35.1. The molecule has 14 rings (SSSR count). The van der Waals surface area contributed by atoms with E-state index in [1.807, 2.05) is 60.9 Å². The molecular weight excluding hydrogens is 789 g/mol. The Morgan fingerprint density at radius 1 is 0.308 bits per heavy atom. The standard InChI is InChI=1S/C61H36N4/c1-3-14-39(15-4-1)59-62-35-43(36-63-59)55-34-54(64-60(65-55)40-16-5-2-6-17-40)41-29-30-47-45-21-8-7-20-44(45)46-22-9-11-24-50(46)61(52(47)32-41)51-25-12-10-23-48(51)58-49-31-28-38-19-13-18-37-26-27-42(33-53(58)61)57(49)56(37)38/h1-36H. The number of fused-ring (bicyclic) bond motifs is 13. The Labute approximate surface area is 375 Å². The van der Waals surface area contributed by atoms with Crippen LogP contribution in [0.25, 0.3) is 111 Å². The molecule has 10 aromatic carbocycles. The van der Waals surface area contributed by atoms with E-state index in [-0.39, 0.29) is 0 Å². The smallest absolute Gasteiger partial charge is 0.160 e. The van der Waals surface area contributed by atoms with E-state index in [1.165, 1.54) is 88.0 Å². The van der Waals surface area contributed by atoms with Crippen LogP contribution in [0, 0.1) is 0 Å². The lowest BCUT2D eigenvalue weighted by Crippen LogP contribution is -2.29. The molecule has 2 aliphatic carbocycles. The zero-order chi connectivity index (χ0) is 42.6. The second-order valence-corrected chi connectivity index (χ2v) is 17.3. The first-order valence-electron chi connectivity index (χ1n) is 22.2. The highest BCUT2D eigenvalue weighted by Gasteiger charge is 2.50. The van der Waals surface area contributed by atoms with Crippen LogP contribution in [-0.2, 0) is 5.41 Å². The summed E-state index contributed by atoms with van der Waals surface area (Å²) in [4.78, 5) is 20.2. The molecule has 0 fully saturated rings. The second kappa shape index (κ2) is 13.7. The molecule has 4 nitrogen and oxygen atoms in total. The van der Waals surface area contributed by atoms with Crippen LogP contribution in [0.15, 0.2) is 219 Å². The van der Waals surface area contributed by atoms with E-state index in [0.29, 0.717) is 11.6 Å². The molecule has 0 saturated carbocycles. The van der Waals surface area contributed by atoms with Crippen LogP contribution in [0.3, 0.4) is 0 Å². The predicted molar refractivity (Wildman–Crippen MR) is 265 cm³/mol. The first-order valence-corrected chi connectivity index (χ1v) is 22.2. The minimum atomic E-state index is -0.684. The zero-order valence-electron chi connectivity index (χ0n) is 35.1. The Kier molecular flexibility index (Phi) is 7.57. The van der Waals surface area contributed by atoms with Gasteiger partial charge in [-0.3, -0.25) is 0 Å². The van der Waals surface area contributed by atoms with Crippen molar-refractivity contribution in [3.8, 4) is 78.7 Å². The highest BCUT2D eigenvalue weighted by atomic mass is 14.9. The Morgan fingerprint density at radius 2 is 0.862 bits per heavy atom. The van der Waals surface area contributed by atoms with Gasteiger partial charge in [-0.2, -0.15) is 0 Å². The maximum absolute atomic E-state index is 5.37. The fourth-order valence-corrected chi connectivity index (χ4v) is 11.2. The minimum Gasteiger partial charge on any atom is -0.236 e. The third kappa shape index (κ3) is 5.13. The van der Waals surface area contributed by atoms with Crippen molar-refractivity contribution >= 4 is 32.3 Å². The van der Waals surface area contributed by atoms with Crippen molar-refractivity contribution in [2.75, 3.05) is 0 Å². The topological polar surface area (TPSA) is 51.6 Å². The SMILES string of the molecule is c1ccc(-c2ncc(-c3cc(-c4ccc5c(c4)C4(c6ccccc6-c6ccccc6-5)c5ccccc5-c5c4cc4ccc6cccc7ccc5c4c67)nc(-c4ccccc4)n3)cn2)cc1. The molecule has 0 amide bonds. The van der Waals surface area contributed by atoms with Crippen molar-refractivity contribution in [1.82, 2.24) is 19.9 Å². The average Bonchev–Trinajstić information content (AvgIpc) is 3.63. The monoisotopic (exact) mass is 824 g/mol. The van der Waals surface area contributed by atoms with Gasteiger partial charge in [-0.15, -0.1) is 0 Å². The van der Waals surface area contributed by atoms with Gasteiger partial charge < -0.3 is 0 Å². The summed E-state index contributed by atoms with van der Waals surface area (Å²) < 4.78 is 0. The summed E-state index contributed by atoms with van der Waals surface area (Å²) in [5.74, 6) is 1.32. The van der Waals surface area contributed by atoms with Crippen molar-refractivity contribution in [3.63, 3.8) is 0 Å². The van der Waals surface area contributed by atoms with Crippen molar-refractivity contribution in [2.24, 2.45) is 0 Å². The molecule has 0 bridgehead atoms. The molecule has 1 spiro atoms. The molecule has 0 radical (unpaired) electrons. The van der Waals surface area contributed by atoms with E-state index in [4.69, 9.17) is 19.9 Å². The largest absolute Gasteiger partial charge is 0.236 e. The molecule has 0 saturated heterocycles. The van der Waals surface area contributed by atoms with E-state index in [2.05, 4.69) is 158 Å². The first-order chi connectivity index (χ1) is 32.2. The van der Waals surface area contributed by atoms with E-state index >= 15 is 0 Å². The lowest BCUT2D eigenvalue weighted by atomic mass is 9.65. The van der Waals surface area contributed by atoms with E-state index < -0.39 is 5.41 Å². The summed E-state index contributed by atoms with van der Waals surface area (Å²) in [5.41, 5.74) is 17.2. The molecule has 1 atom stereocenters. The van der Waals surface area contributed by atoms with E-state index in [0.717, 1.165) is 33.6 Å². The summed E-state index contributed by atoms with van der Waals surface area (Å²) >= 11 is 0. The van der Waals surface area contributed by atoms with Gasteiger partial charge in [0.2, 0.25) is 0 Å². The Balaban J connectivity index is 1.07. The van der Waals surface area contributed by atoms with Gasteiger partial charge in [0.1, 0.15) is 0 Å². The molecule has 0 N–H and O–H groups in total. The highest BCUT2D eigenvalue weighted by molar-refractivity contribution is 6.27. The number of nitrogens with zero attached hydrogens (tertiary/aromatic N) is 4. The molecule has 300 valence electrons. The summed E-state index contributed by atoms with van der Waals surface area (Å²) in [7, 11) is 0. The maximum Gasteiger partial charge on any atom is 0.160 e. The Morgan fingerprint density at radius 3 is 1.57 bits per heavy atom. The molecule has 2 aliphatic rings. The maximum atomic E-state index is 5.37. The van der Waals surface area contributed by atoms with Crippen LogP contribution in [0.5, 0.6) is 0 Å². The Hall–Kier alpha value is -8.60. The van der Waals surface area contributed by atoms with Gasteiger partial charge in [-0.05, 0) is 106 Å². The lowest BCUT2D eigenvalue weighted by molar-refractivity contribution is 0.777. The number of aromatic nitrogens is 4. The van der Waals surface area contributed by atoms with Gasteiger partial charge in [-0.1, -0.05) is 188 Å². The molecule has 12 aromatic rings. The third-order valence-electron chi connectivity index (χ3n) is 13.9. The summed E-state index contributed by atoms with van der Waals surface area (Å²) in [6, 6.07) is 75.1. The van der Waals surface area contributed by atoms with Gasteiger partial charge in [0.05, 0.1) is 16.8 Å². The van der Waals surface area contributed by atoms with Gasteiger partial charge in [0.25, 0.3) is 0 Å². The van der Waals surface area contributed by atoms with Crippen molar-refractivity contribution in [1.29, 1.82) is 0 Å². The van der Waals surface area contributed by atoms with Gasteiger partial charge in [0, 0.05) is 34.6 Å². The van der Waals surface area contributed by atoms with E-state index in [9.17, 15) is 0 Å². The Bertz CT molecular complexity index is 3860. The van der Waals surface area contributed by atoms with Crippen LogP contribution < -0.4 is 0 Å². The minimum absolute atomic E-state index is 0.645. The highest BCUT2D eigenvalue weighted by Crippen LogP contribution is 2.63. The number of hydrogen-bond donors (Lipinski definition) is 0. The molecule has 4 heteroatoms. The van der Waals surface area contributed by atoms with Crippen LogP contribution >= 0.6 is 0 Å². The number of hydrogen-bond acceptors (Lipinski definition) is 4. The molecule has 2 heterocycles. The quantitative estimate of drug-likeness (QED) is 0.166. The summed E-state index contributed by atoms with van der Waals surface area (Å²) in [5, 5.41) is 7.73. The summed E-state index contributed by atoms with van der Waals surface area (Å²) in [6.07, 6.45) is 3.75. The van der Waals surface area contributed by atoms with Crippen molar-refractivity contribution in [3.05, 3.63) is 241 Å². The molecule has 2 aromatic heterocycles. The van der Waals surface area contributed by atoms with Crippen LogP contribution in [-0.4, -0.2) is 19.9 Å². The molecular formula is C61H36N4. The van der Waals surface area contributed by atoms with Gasteiger partial charge >= 0.3 is 0 Å². The fourth-order valence-electron chi connectivity index (χ4n) is 11.2. The van der Waals surface area contributed by atoms with Crippen molar-refractivity contribution < 1.29 is 0 Å². The van der Waals surface area contributed by atoms with Crippen LogP contribution in [0.2, 0.25) is 0 Å². The van der Waals surface area contributed by atoms with Crippen molar-refractivity contribution in [2.45, 2.75) is 5.41 Å². The fraction of sp³-hybridized carbons (Fsp3) is 0.0164. The predicted octanol–water partition coefficient (Wildman–Crippen LogP) is 14.8. The lowest BCUT2D eigenvalue weighted by Gasteiger charge is -2.36. The molecule has 1 unspecified atom stereocenters. The normalized spacial score (nSPS) is 14.5. The first kappa shape index (κ1) is 35.9. The third-order valence-corrected chi connectivity index (χ3v) is 13.9. The van der Waals surface area contributed by atoms with Gasteiger partial charge in [0.15, 0.2) is 11.6 Å². The number of rotatable bonds is 4. The second-order valence-electron chi connectivity index (χ2n) is 17.3. The van der Waals surface area contributed by atoms with Crippen LogP contribution in [0.1, 0.15) is 22.3 Å². The molecule has 0 aliphatic heterocycles. The van der Waals surface area contributed by atoms with E-state index in [1.54, 1.807) is 0 Å². The summed E-state index contributed by atoms with van der Waals surface area (Å²) in [6.45, 7) is 0. The molecule has 65 heavy (non-hydrogen) atoms. The average molecular weight is 825 g/mol. The van der Waals surface area contributed by atoms with Gasteiger partial charge in [-0.25, -0.2) is 19.9 Å². The van der Waals surface area contributed by atoms with Crippen LogP contribution in [0.4, 0.5) is 0 Å².